The van der Waals surface area contributed by atoms with Gasteiger partial charge in [0.05, 0.1) is 11.7 Å². The summed E-state index contributed by atoms with van der Waals surface area (Å²) in [6, 6.07) is 7.40. The van der Waals surface area contributed by atoms with Crippen LogP contribution in [-0.2, 0) is 10.5 Å². The summed E-state index contributed by atoms with van der Waals surface area (Å²) in [5.41, 5.74) is 1.68. The lowest BCUT2D eigenvalue weighted by Gasteiger charge is -2.08. The van der Waals surface area contributed by atoms with Crippen molar-refractivity contribution in [1.82, 2.24) is 15.2 Å². The monoisotopic (exact) mass is 291 g/mol. The SMILES string of the molecule is Cc1nc(SCc2ccc(C(=O)OC(C)C)cc2)n[nH]1. The van der Waals surface area contributed by atoms with Gasteiger partial charge in [0, 0.05) is 5.75 Å². The van der Waals surface area contributed by atoms with E-state index in [0.29, 0.717) is 5.56 Å². The van der Waals surface area contributed by atoms with Gasteiger partial charge in [0.15, 0.2) is 0 Å². The molecule has 6 heteroatoms. The Hall–Kier alpha value is -1.82. The van der Waals surface area contributed by atoms with Crippen molar-refractivity contribution in [1.29, 1.82) is 0 Å². The molecule has 0 amide bonds. The molecule has 0 unspecified atom stereocenters. The summed E-state index contributed by atoms with van der Waals surface area (Å²) in [6.45, 7) is 5.54. The normalized spacial score (nSPS) is 10.8. The van der Waals surface area contributed by atoms with E-state index < -0.39 is 0 Å². The lowest BCUT2D eigenvalue weighted by atomic mass is 10.1. The van der Waals surface area contributed by atoms with Gasteiger partial charge in [-0.1, -0.05) is 23.9 Å². The number of hydrogen-bond acceptors (Lipinski definition) is 5. The van der Waals surface area contributed by atoms with Crippen LogP contribution in [0, 0.1) is 6.92 Å². The molecule has 1 aromatic heterocycles. The molecular weight excluding hydrogens is 274 g/mol. The van der Waals surface area contributed by atoms with E-state index in [1.807, 2.05) is 32.9 Å². The molecule has 0 aliphatic rings. The van der Waals surface area contributed by atoms with Crippen molar-refractivity contribution in [2.75, 3.05) is 0 Å². The molecule has 1 N–H and O–H groups in total. The maximum Gasteiger partial charge on any atom is 0.338 e. The number of esters is 1. The van der Waals surface area contributed by atoms with E-state index in [-0.39, 0.29) is 12.1 Å². The lowest BCUT2D eigenvalue weighted by Crippen LogP contribution is -2.11. The van der Waals surface area contributed by atoms with E-state index in [2.05, 4.69) is 15.2 Å². The summed E-state index contributed by atoms with van der Waals surface area (Å²) in [5, 5.41) is 7.59. The topological polar surface area (TPSA) is 67.9 Å². The highest BCUT2D eigenvalue weighted by Gasteiger charge is 2.09. The highest BCUT2D eigenvalue weighted by atomic mass is 32.2. The number of thioether (sulfide) groups is 1. The minimum absolute atomic E-state index is 0.105. The van der Waals surface area contributed by atoms with Gasteiger partial charge in [0.2, 0.25) is 5.16 Å². The Kier molecular flexibility index (Phi) is 4.79. The zero-order chi connectivity index (χ0) is 14.5. The van der Waals surface area contributed by atoms with Gasteiger partial charge in [0.1, 0.15) is 5.82 Å². The molecule has 0 aliphatic heterocycles. The number of rotatable bonds is 5. The first kappa shape index (κ1) is 14.6. The van der Waals surface area contributed by atoms with E-state index >= 15 is 0 Å². The average Bonchev–Trinajstić information content (AvgIpc) is 2.82. The van der Waals surface area contributed by atoms with Crippen LogP contribution in [0.2, 0.25) is 0 Å². The first-order chi connectivity index (χ1) is 9.54. The Morgan fingerprint density at radius 1 is 1.35 bits per heavy atom. The van der Waals surface area contributed by atoms with Crippen LogP contribution in [0.5, 0.6) is 0 Å². The Balaban J connectivity index is 1.93. The Morgan fingerprint density at radius 3 is 2.60 bits per heavy atom. The number of aromatic nitrogens is 3. The van der Waals surface area contributed by atoms with Crippen LogP contribution in [0.1, 0.15) is 35.6 Å². The van der Waals surface area contributed by atoms with Crippen molar-refractivity contribution in [3.8, 4) is 0 Å². The number of carbonyl (C=O) groups excluding carboxylic acids is 1. The second-order valence-corrected chi connectivity index (χ2v) is 5.59. The molecule has 2 rings (SSSR count). The quantitative estimate of drug-likeness (QED) is 0.677. The van der Waals surface area contributed by atoms with Crippen LogP contribution >= 0.6 is 11.8 Å². The van der Waals surface area contributed by atoms with E-state index in [9.17, 15) is 4.79 Å². The van der Waals surface area contributed by atoms with Crippen molar-refractivity contribution < 1.29 is 9.53 Å². The van der Waals surface area contributed by atoms with Crippen LogP contribution in [0.15, 0.2) is 29.4 Å². The highest BCUT2D eigenvalue weighted by Crippen LogP contribution is 2.19. The highest BCUT2D eigenvalue weighted by molar-refractivity contribution is 7.98. The number of carbonyl (C=O) groups is 1. The number of aryl methyl sites for hydroxylation is 1. The van der Waals surface area contributed by atoms with Crippen LogP contribution in [-0.4, -0.2) is 27.3 Å². The largest absolute Gasteiger partial charge is 0.459 e. The van der Waals surface area contributed by atoms with Gasteiger partial charge < -0.3 is 4.74 Å². The van der Waals surface area contributed by atoms with E-state index in [4.69, 9.17) is 4.74 Å². The fourth-order valence-electron chi connectivity index (χ4n) is 1.55. The number of nitrogens with one attached hydrogen (secondary N) is 1. The fourth-order valence-corrected chi connectivity index (χ4v) is 2.35. The second-order valence-electron chi connectivity index (χ2n) is 4.64. The molecule has 0 aliphatic carbocycles. The zero-order valence-corrected chi connectivity index (χ0v) is 12.5. The van der Waals surface area contributed by atoms with Gasteiger partial charge in [-0.15, -0.1) is 5.10 Å². The summed E-state index contributed by atoms with van der Waals surface area (Å²) in [4.78, 5) is 15.9. The number of nitrogens with zero attached hydrogens (tertiary/aromatic N) is 2. The van der Waals surface area contributed by atoms with Crippen LogP contribution < -0.4 is 0 Å². The fraction of sp³-hybridized carbons (Fsp3) is 0.357. The standard InChI is InChI=1S/C14H17N3O2S/c1-9(2)19-13(18)12-6-4-11(5-7-12)8-20-14-15-10(3)16-17-14/h4-7,9H,8H2,1-3H3,(H,15,16,17). The van der Waals surface area contributed by atoms with Crippen LogP contribution in [0.25, 0.3) is 0 Å². The summed E-state index contributed by atoms with van der Waals surface area (Å²) in [5.74, 6) is 1.28. The van der Waals surface area contributed by atoms with Gasteiger partial charge in [-0.2, -0.15) is 0 Å². The predicted octanol–water partition coefficient (Wildman–Crippen LogP) is 2.97. The molecule has 5 nitrogen and oxygen atoms in total. The first-order valence-corrected chi connectivity index (χ1v) is 7.35. The molecule has 0 bridgehead atoms. The van der Waals surface area contributed by atoms with Crippen molar-refractivity contribution >= 4 is 17.7 Å². The third-order valence-electron chi connectivity index (χ3n) is 2.48. The van der Waals surface area contributed by atoms with E-state index in [1.54, 1.807) is 23.9 Å². The summed E-state index contributed by atoms with van der Waals surface area (Å²) < 4.78 is 5.14. The Labute approximate surface area is 122 Å². The third-order valence-corrected chi connectivity index (χ3v) is 3.40. The lowest BCUT2D eigenvalue weighted by molar-refractivity contribution is 0.0378. The van der Waals surface area contributed by atoms with Gasteiger partial charge in [0.25, 0.3) is 0 Å². The average molecular weight is 291 g/mol. The molecule has 0 saturated carbocycles. The van der Waals surface area contributed by atoms with Gasteiger partial charge in [-0.3, -0.25) is 5.10 Å². The maximum atomic E-state index is 11.7. The molecule has 1 heterocycles. The van der Waals surface area contributed by atoms with Crippen molar-refractivity contribution in [3.05, 3.63) is 41.2 Å². The van der Waals surface area contributed by atoms with Crippen LogP contribution in [0.3, 0.4) is 0 Å². The number of ether oxygens (including phenoxy) is 1. The van der Waals surface area contributed by atoms with Crippen molar-refractivity contribution in [2.24, 2.45) is 0 Å². The molecule has 0 radical (unpaired) electrons. The van der Waals surface area contributed by atoms with Crippen molar-refractivity contribution in [3.63, 3.8) is 0 Å². The molecule has 1 aromatic carbocycles. The first-order valence-electron chi connectivity index (χ1n) is 6.36. The summed E-state index contributed by atoms with van der Waals surface area (Å²) >= 11 is 1.55. The molecule has 0 saturated heterocycles. The molecule has 0 spiro atoms. The Bertz CT molecular complexity index is 578. The third kappa shape index (κ3) is 4.09. The number of aromatic amines is 1. The molecule has 20 heavy (non-hydrogen) atoms. The molecule has 106 valence electrons. The number of benzene rings is 1. The molecule has 0 fully saturated rings. The number of hydrogen-bond donors (Lipinski definition) is 1. The summed E-state index contributed by atoms with van der Waals surface area (Å²) in [7, 11) is 0. The predicted molar refractivity (Wildman–Crippen MR) is 77.7 cm³/mol. The van der Waals surface area contributed by atoms with E-state index in [0.717, 1.165) is 22.3 Å². The van der Waals surface area contributed by atoms with Gasteiger partial charge in [-0.25, -0.2) is 9.78 Å². The minimum Gasteiger partial charge on any atom is -0.459 e. The Morgan fingerprint density at radius 2 is 2.05 bits per heavy atom. The molecule has 0 atom stereocenters. The minimum atomic E-state index is -0.288. The maximum absolute atomic E-state index is 11.7. The van der Waals surface area contributed by atoms with Crippen molar-refractivity contribution in [2.45, 2.75) is 37.8 Å². The van der Waals surface area contributed by atoms with E-state index in [1.165, 1.54) is 0 Å². The summed E-state index contributed by atoms with van der Waals surface area (Å²) in [6.07, 6.45) is -0.105. The van der Waals surface area contributed by atoms with Crippen LogP contribution in [0.4, 0.5) is 0 Å². The molecule has 2 aromatic rings. The second kappa shape index (κ2) is 6.56. The zero-order valence-electron chi connectivity index (χ0n) is 11.7. The molecular formula is C14H17N3O2S. The smallest absolute Gasteiger partial charge is 0.338 e. The number of H-pyrrole nitrogens is 1. The van der Waals surface area contributed by atoms with Gasteiger partial charge >= 0.3 is 5.97 Å². The van der Waals surface area contributed by atoms with Gasteiger partial charge in [-0.05, 0) is 38.5 Å².